The van der Waals surface area contributed by atoms with Crippen molar-refractivity contribution in [1.29, 1.82) is 0 Å². The molecule has 1 unspecified atom stereocenters. The van der Waals surface area contributed by atoms with Gasteiger partial charge in [0.25, 0.3) is 0 Å². The molecule has 1 aromatic carbocycles. The minimum absolute atomic E-state index is 0.738. The Bertz CT molecular complexity index is 367. The lowest BCUT2D eigenvalue weighted by Crippen LogP contribution is -2.28. The first-order valence-corrected chi connectivity index (χ1v) is 6.69. The van der Waals surface area contributed by atoms with E-state index in [1.807, 2.05) is 0 Å². The summed E-state index contributed by atoms with van der Waals surface area (Å²) in [5.41, 5.74) is 4.17. The minimum Gasteiger partial charge on any atom is -0.374 e. The molecule has 1 saturated heterocycles. The maximum atomic E-state index is 3.56. The number of nitrogens with one attached hydrogen (secondary N) is 1. The second kappa shape index (κ2) is 5.54. The Morgan fingerprint density at radius 1 is 1.35 bits per heavy atom. The van der Waals surface area contributed by atoms with Crippen LogP contribution in [0.5, 0.6) is 0 Å². The zero-order valence-electron chi connectivity index (χ0n) is 11.3. The largest absolute Gasteiger partial charge is 0.374 e. The minimum atomic E-state index is 0.738. The summed E-state index contributed by atoms with van der Waals surface area (Å²) < 4.78 is 0. The molecule has 0 radical (unpaired) electrons. The highest BCUT2D eigenvalue weighted by molar-refractivity contribution is 5.55. The van der Waals surface area contributed by atoms with Crippen molar-refractivity contribution in [3.05, 3.63) is 29.3 Å². The fraction of sp³-hybridized carbons (Fsp3) is 0.600. The Hall–Kier alpha value is -1.02. The topological polar surface area (TPSA) is 15.3 Å². The molecule has 0 amide bonds. The summed E-state index contributed by atoms with van der Waals surface area (Å²) in [5.74, 6) is 0. The third kappa shape index (κ3) is 3.01. The van der Waals surface area contributed by atoms with Crippen molar-refractivity contribution in [3.63, 3.8) is 0 Å². The maximum Gasteiger partial charge on any atom is 0.0395 e. The molecule has 0 aromatic heterocycles. The fourth-order valence-electron chi connectivity index (χ4n) is 2.62. The van der Waals surface area contributed by atoms with Gasteiger partial charge in [-0.25, -0.2) is 0 Å². The van der Waals surface area contributed by atoms with Gasteiger partial charge < -0.3 is 10.2 Å². The van der Waals surface area contributed by atoms with Crippen molar-refractivity contribution < 1.29 is 0 Å². The van der Waals surface area contributed by atoms with Gasteiger partial charge in [-0.2, -0.15) is 0 Å². The van der Waals surface area contributed by atoms with Crippen LogP contribution in [0.15, 0.2) is 18.2 Å². The van der Waals surface area contributed by atoms with Crippen molar-refractivity contribution in [3.8, 4) is 0 Å². The number of rotatable bonds is 4. The molecular formula is C15H24N2. The molecule has 1 atom stereocenters. The SMILES string of the molecule is Cc1cccc(N(C)CCC2CCCN2)c1C. The Kier molecular flexibility index (Phi) is 4.06. The smallest absolute Gasteiger partial charge is 0.0395 e. The third-order valence-corrected chi connectivity index (χ3v) is 3.96. The van der Waals surface area contributed by atoms with Gasteiger partial charge in [-0.05, 0) is 56.8 Å². The molecule has 1 fully saturated rings. The van der Waals surface area contributed by atoms with E-state index in [1.165, 1.54) is 42.6 Å². The van der Waals surface area contributed by atoms with Gasteiger partial charge in [-0.1, -0.05) is 12.1 Å². The molecule has 0 spiro atoms. The van der Waals surface area contributed by atoms with E-state index in [-0.39, 0.29) is 0 Å². The van der Waals surface area contributed by atoms with E-state index in [0.717, 1.165) is 12.6 Å². The molecule has 1 N–H and O–H groups in total. The monoisotopic (exact) mass is 232 g/mol. The van der Waals surface area contributed by atoms with Gasteiger partial charge in [0.2, 0.25) is 0 Å². The molecule has 0 aliphatic carbocycles. The predicted octanol–water partition coefficient (Wildman–Crippen LogP) is 2.88. The van der Waals surface area contributed by atoms with Crippen LogP contribution >= 0.6 is 0 Å². The van der Waals surface area contributed by atoms with E-state index < -0.39 is 0 Å². The van der Waals surface area contributed by atoms with Crippen LogP contribution < -0.4 is 10.2 Å². The van der Waals surface area contributed by atoms with E-state index in [2.05, 4.69) is 49.3 Å². The number of hydrogen-bond acceptors (Lipinski definition) is 2. The second-order valence-corrected chi connectivity index (χ2v) is 5.22. The van der Waals surface area contributed by atoms with Crippen LogP contribution in [0.3, 0.4) is 0 Å². The number of benzene rings is 1. The Morgan fingerprint density at radius 2 is 2.18 bits per heavy atom. The summed E-state index contributed by atoms with van der Waals surface area (Å²) in [6, 6.07) is 7.31. The van der Waals surface area contributed by atoms with Crippen LogP contribution in [0, 0.1) is 13.8 Å². The summed E-state index contributed by atoms with van der Waals surface area (Å²) in [5, 5.41) is 3.56. The number of hydrogen-bond donors (Lipinski definition) is 1. The Labute approximate surface area is 105 Å². The lowest BCUT2D eigenvalue weighted by Gasteiger charge is -2.24. The average Bonchev–Trinajstić information content (AvgIpc) is 2.82. The fourth-order valence-corrected chi connectivity index (χ4v) is 2.62. The van der Waals surface area contributed by atoms with Crippen molar-refractivity contribution in [2.24, 2.45) is 0 Å². The average molecular weight is 232 g/mol. The molecule has 0 saturated carbocycles. The maximum absolute atomic E-state index is 3.56. The van der Waals surface area contributed by atoms with E-state index >= 15 is 0 Å². The number of nitrogens with zero attached hydrogens (tertiary/aromatic N) is 1. The normalized spacial score (nSPS) is 19.6. The first-order chi connectivity index (χ1) is 8.18. The van der Waals surface area contributed by atoms with Crippen molar-refractivity contribution in [2.75, 3.05) is 25.0 Å². The standard InChI is InChI=1S/C15H24N2/c1-12-6-4-8-15(13(12)2)17(3)11-9-14-7-5-10-16-14/h4,6,8,14,16H,5,7,9-11H2,1-3H3. The van der Waals surface area contributed by atoms with Crippen LogP contribution in [0.25, 0.3) is 0 Å². The lowest BCUT2D eigenvalue weighted by molar-refractivity contribution is 0.559. The molecule has 1 heterocycles. The van der Waals surface area contributed by atoms with E-state index in [4.69, 9.17) is 0 Å². The Morgan fingerprint density at radius 3 is 2.88 bits per heavy atom. The predicted molar refractivity (Wildman–Crippen MR) is 74.8 cm³/mol. The molecule has 1 aliphatic heterocycles. The van der Waals surface area contributed by atoms with Crippen LogP contribution in [-0.4, -0.2) is 26.2 Å². The highest BCUT2D eigenvalue weighted by Gasteiger charge is 2.15. The van der Waals surface area contributed by atoms with Crippen LogP contribution in [0.2, 0.25) is 0 Å². The zero-order chi connectivity index (χ0) is 12.3. The van der Waals surface area contributed by atoms with Gasteiger partial charge in [0.15, 0.2) is 0 Å². The second-order valence-electron chi connectivity index (χ2n) is 5.22. The van der Waals surface area contributed by atoms with Gasteiger partial charge in [-0.3, -0.25) is 0 Å². The Balaban J connectivity index is 1.94. The highest BCUT2D eigenvalue weighted by Crippen LogP contribution is 2.22. The summed E-state index contributed by atoms with van der Waals surface area (Å²) in [6.45, 7) is 6.75. The molecule has 2 nitrogen and oxygen atoms in total. The van der Waals surface area contributed by atoms with Crippen LogP contribution in [0.4, 0.5) is 5.69 Å². The van der Waals surface area contributed by atoms with Crippen molar-refractivity contribution in [1.82, 2.24) is 5.32 Å². The van der Waals surface area contributed by atoms with Gasteiger partial charge in [0.05, 0.1) is 0 Å². The molecule has 1 aromatic rings. The summed E-state index contributed by atoms with van der Waals surface area (Å²) in [7, 11) is 2.21. The van der Waals surface area contributed by atoms with E-state index in [0.29, 0.717) is 0 Å². The van der Waals surface area contributed by atoms with Gasteiger partial charge in [-0.15, -0.1) is 0 Å². The van der Waals surface area contributed by atoms with E-state index in [9.17, 15) is 0 Å². The number of anilines is 1. The summed E-state index contributed by atoms with van der Waals surface area (Å²) >= 11 is 0. The molecule has 2 rings (SSSR count). The van der Waals surface area contributed by atoms with Crippen molar-refractivity contribution >= 4 is 5.69 Å². The summed E-state index contributed by atoms with van der Waals surface area (Å²) in [6.07, 6.45) is 3.95. The zero-order valence-corrected chi connectivity index (χ0v) is 11.3. The van der Waals surface area contributed by atoms with Crippen molar-refractivity contribution in [2.45, 2.75) is 39.2 Å². The molecule has 1 aliphatic rings. The molecule has 17 heavy (non-hydrogen) atoms. The van der Waals surface area contributed by atoms with Gasteiger partial charge in [0, 0.05) is 25.3 Å². The summed E-state index contributed by atoms with van der Waals surface area (Å²) in [4.78, 5) is 2.39. The van der Waals surface area contributed by atoms with Gasteiger partial charge >= 0.3 is 0 Å². The first-order valence-electron chi connectivity index (χ1n) is 6.69. The third-order valence-electron chi connectivity index (χ3n) is 3.96. The van der Waals surface area contributed by atoms with E-state index in [1.54, 1.807) is 0 Å². The quantitative estimate of drug-likeness (QED) is 0.858. The van der Waals surface area contributed by atoms with Crippen LogP contribution in [-0.2, 0) is 0 Å². The molecule has 2 heteroatoms. The lowest BCUT2D eigenvalue weighted by atomic mass is 10.1. The number of aryl methyl sites for hydroxylation is 1. The molecular weight excluding hydrogens is 208 g/mol. The van der Waals surface area contributed by atoms with Gasteiger partial charge in [0.1, 0.15) is 0 Å². The first kappa shape index (κ1) is 12.4. The molecule has 0 bridgehead atoms. The molecule has 94 valence electrons. The highest BCUT2D eigenvalue weighted by atomic mass is 15.1. The van der Waals surface area contributed by atoms with Crippen LogP contribution in [0.1, 0.15) is 30.4 Å².